The summed E-state index contributed by atoms with van der Waals surface area (Å²) in [5, 5.41) is 3.29. The van der Waals surface area contributed by atoms with Crippen molar-refractivity contribution in [2.24, 2.45) is 0 Å². The standard InChI is InChI=1S/C15H23NO2/c1-5-11(3)16-12(4)15(17)13-9-7-8-10-14(13)18-6-2/h7-12,16H,5-6H2,1-4H3. The number of rotatable bonds is 7. The Morgan fingerprint density at radius 1 is 1.28 bits per heavy atom. The Balaban J connectivity index is 2.82. The van der Waals surface area contributed by atoms with Gasteiger partial charge >= 0.3 is 0 Å². The number of Topliss-reactive ketones (excluding diaryl/α,β-unsaturated/α-hetero) is 1. The van der Waals surface area contributed by atoms with Crippen LogP contribution in [0.5, 0.6) is 5.75 Å². The minimum atomic E-state index is -0.193. The molecule has 0 bridgehead atoms. The third kappa shape index (κ3) is 3.84. The summed E-state index contributed by atoms with van der Waals surface area (Å²) in [6.45, 7) is 8.57. The lowest BCUT2D eigenvalue weighted by molar-refractivity contribution is 0.0941. The zero-order valence-electron chi connectivity index (χ0n) is 11.7. The van der Waals surface area contributed by atoms with E-state index in [4.69, 9.17) is 4.74 Å². The first kappa shape index (κ1) is 14.7. The number of hydrogen-bond acceptors (Lipinski definition) is 3. The highest BCUT2D eigenvalue weighted by Crippen LogP contribution is 2.19. The SMILES string of the molecule is CCOc1ccccc1C(=O)C(C)NC(C)CC. The molecule has 2 atom stereocenters. The second-order valence-electron chi connectivity index (χ2n) is 4.49. The Morgan fingerprint density at radius 3 is 2.56 bits per heavy atom. The normalized spacial score (nSPS) is 14.0. The van der Waals surface area contributed by atoms with Crippen LogP contribution >= 0.6 is 0 Å². The van der Waals surface area contributed by atoms with Crippen LogP contribution in [0.15, 0.2) is 24.3 Å². The van der Waals surface area contributed by atoms with Crippen LogP contribution in [-0.2, 0) is 0 Å². The van der Waals surface area contributed by atoms with Crippen LogP contribution in [0, 0.1) is 0 Å². The molecular weight excluding hydrogens is 226 g/mol. The average molecular weight is 249 g/mol. The van der Waals surface area contributed by atoms with E-state index in [2.05, 4.69) is 19.2 Å². The number of para-hydroxylation sites is 1. The molecule has 0 fully saturated rings. The number of benzene rings is 1. The van der Waals surface area contributed by atoms with Gasteiger partial charge in [0.2, 0.25) is 0 Å². The monoisotopic (exact) mass is 249 g/mol. The lowest BCUT2D eigenvalue weighted by Gasteiger charge is -2.19. The first-order chi connectivity index (χ1) is 8.60. The molecule has 0 aliphatic carbocycles. The molecule has 100 valence electrons. The van der Waals surface area contributed by atoms with Crippen molar-refractivity contribution in [1.29, 1.82) is 0 Å². The molecule has 1 rings (SSSR count). The highest BCUT2D eigenvalue weighted by Gasteiger charge is 2.19. The molecule has 0 aliphatic heterocycles. The van der Waals surface area contributed by atoms with E-state index in [-0.39, 0.29) is 11.8 Å². The predicted octanol–water partition coefficient (Wildman–Crippen LogP) is 3.04. The van der Waals surface area contributed by atoms with Crippen LogP contribution in [0.25, 0.3) is 0 Å². The molecule has 0 aromatic heterocycles. The Labute approximate surface area is 110 Å². The van der Waals surface area contributed by atoms with Gasteiger partial charge in [0.1, 0.15) is 5.75 Å². The Morgan fingerprint density at radius 2 is 1.94 bits per heavy atom. The van der Waals surface area contributed by atoms with Gasteiger partial charge in [0, 0.05) is 6.04 Å². The Kier molecular flexibility index (Phi) is 5.86. The molecule has 3 nitrogen and oxygen atoms in total. The van der Waals surface area contributed by atoms with E-state index in [1.165, 1.54) is 0 Å². The third-order valence-electron chi connectivity index (χ3n) is 2.99. The number of nitrogens with one attached hydrogen (secondary N) is 1. The van der Waals surface area contributed by atoms with Gasteiger partial charge in [-0.25, -0.2) is 0 Å². The summed E-state index contributed by atoms with van der Waals surface area (Å²) in [7, 11) is 0. The molecule has 0 saturated heterocycles. The van der Waals surface area contributed by atoms with Crippen molar-refractivity contribution in [3.63, 3.8) is 0 Å². The largest absolute Gasteiger partial charge is 0.493 e. The average Bonchev–Trinajstić information content (AvgIpc) is 2.38. The van der Waals surface area contributed by atoms with E-state index in [0.717, 1.165) is 6.42 Å². The van der Waals surface area contributed by atoms with E-state index >= 15 is 0 Å². The topological polar surface area (TPSA) is 38.3 Å². The summed E-state index contributed by atoms with van der Waals surface area (Å²) < 4.78 is 5.49. The van der Waals surface area contributed by atoms with Gasteiger partial charge < -0.3 is 10.1 Å². The van der Waals surface area contributed by atoms with Crippen molar-refractivity contribution in [2.45, 2.75) is 46.2 Å². The zero-order valence-corrected chi connectivity index (χ0v) is 11.7. The minimum absolute atomic E-state index is 0.0827. The smallest absolute Gasteiger partial charge is 0.183 e. The summed E-state index contributed by atoms with van der Waals surface area (Å²) >= 11 is 0. The van der Waals surface area contributed by atoms with E-state index in [1.54, 1.807) is 0 Å². The number of ketones is 1. The molecule has 3 heteroatoms. The van der Waals surface area contributed by atoms with E-state index in [9.17, 15) is 4.79 Å². The molecule has 0 aliphatic rings. The van der Waals surface area contributed by atoms with Crippen molar-refractivity contribution in [3.8, 4) is 5.75 Å². The van der Waals surface area contributed by atoms with E-state index in [1.807, 2.05) is 38.1 Å². The van der Waals surface area contributed by atoms with Gasteiger partial charge in [-0.3, -0.25) is 4.79 Å². The first-order valence-corrected chi connectivity index (χ1v) is 6.62. The maximum absolute atomic E-state index is 12.3. The zero-order chi connectivity index (χ0) is 13.5. The fourth-order valence-corrected chi connectivity index (χ4v) is 1.81. The fourth-order valence-electron chi connectivity index (χ4n) is 1.81. The van der Waals surface area contributed by atoms with Crippen LogP contribution in [0.4, 0.5) is 0 Å². The molecule has 0 spiro atoms. The number of carbonyl (C=O) groups is 1. The van der Waals surface area contributed by atoms with Crippen molar-refractivity contribution in [1.82, 2.24) is 5.32 Å². The summed E-state index contributed by atoms with van der Waals surface area (Å²) in [5.41, 5.74) is 0.655. The molecule has 1 aromatic rings. The molecule has 0 saturated carbocycles. The van der Waals surface area contributed by atoms with Gasteiger partial charge in [0.25, 0.3) is 0 Å². The van der Waals surface area contributed by atoms with Gasteiger partial charge in [-0.1, -0.05) is 19.1 Å². The van der Waals surface area contributed by atoms with E-state index in [0.29, 0.717) is 24.0 Å². The van der Waals surface area contributed by atoms with Crippen LogP contribution < -0.4 is 10.1 Å². The van der Waals surface area contributed by atoms with Gasteiger partial charge in [-0.2, -0.15) is 0 Å². The molecule has 0 radical (unpaired) electrons. The highest BCUT2D eigenvalue weighted by molar-refractivity contribution is 6.02. The van der Waals surface area contributed by atoms with Gasteiger partial charge in [-0.15, -0.1) is 0 Å². The van der Waals surface area contributed by atoms with Crippen LogP contribution in [0.3, 0.4) is 0 Å². The molecular formula is C15H23NO2. The lowest BCUT2D eigenvalue weighted by atomic mass is 10.0. The molecule has 18 heavy (non-hydrogen) atoms. The summed E-state index contributed by atoms with van der Waals surface area (Å²) in [6, 6.07) is 7.56. The summed E-state index contributed by atoms with van der Waals surface area (Å²) in [6.07, 6.45) is 1.00. The summed E-state index contributed by atoms with van der Waals surface area (Å²) in [4.78, 5) is 12.3. The molecule has 1 aromatic carbocycles. The number of ether oxygens (including phenoxy) is 1. The predicted molar refractivity (Wildman–Crippen MR) is 74.3 cm³/mol. The quantitative estimate of drug-likeness (QED) is 0.755. The van der Waals surface area contributed by atoms with Gasteiger partial charge in [0.15, 0.2) is 5.78 Å². The molecule has 0 heterocycles. The van der Waals surface area contributed by atoms with Crippen LogP contribution in [-0.4, -0.2) is 24.5 Å². The van der Waals surface area contributed by atoms with Crippen LogP contribution in [0.1, 0.15) is 44.5 Å². The van der Waals surface area contributed by atoms with Gasteiger partial charge in [-0.05, 0) is 39.3 Å². The van der Waals surface area contributed by atoms with Crippen molar-refractivity contribution < 1.29 is 9.53 Å². The van der Waals surface area contributed by atoms with Crippen molar-refractivity contribution in [2.75, 3.05) is 6.61 Å². The minimum Gasteiger partial charge on any atom is -0.493 e. The molecule has 2 unspecified atom stereocenters. The fraction of sp³-hybridized carbons (Fsp3) is 0.533. The third-order valence-corrected chi connectivity index (χ3v) is 2.99. The second-order valence-corrected chi connectivity index (χ2v) is 4.49. The highest BCUT2D eigenvalue weighted by atomic mass is 16.5. The molecule has 1 N–H and O–H groups in total. The maximum atomic E-state index is 12.3. The first-order valence-electron chi connectivity index (χ1n) is 6.62. The van der Waals surface area contributed by atoms with Gasteiger partial charge in [0.05, 0.1) is 18.2 Å². The maximum Gasteiger partial charge on any atom is 0.183 e. The van der Waals surface area contributed by atoms with Crippen molar-refractivity contribution >= 4 is 5.78 Å². The number of carbonyl (C=O) groups excluding carboxylic acids is 1. The summed E-state index contributed by atoms with van der Waals surface area (Å²) in [5.74, 6) is 0.752. The molecule has 0 amide bonds. The number of hydrogen-bond donors (Lipinski definition) is 1. The lowest BCUT2D eigenvalue weighted by Crippen LogP contribution is -2.39. The second kappa shape index (κ2) is 7.17. The van der Waals surface area contributed by atoms with Crippen LogP contribution in [0.2, 0.25) is 0 Å². The Bertz CT molecular complexity index is 390. The Hall–Kier alpha value is -1.35. The van der Waals surface area contributed by atoms with Crippen molar-refractivity contribution in [3.05, 3.63) is 29.8 Å². The van der Waals surface area contributed by atoms with E-state index < -0.39 is 0 Å².